The first kappa shape index (κ1) is 14.0. The van der Waals surface area contributed by atoms with Crippen molar-refractivity contribution in [2.75, 3.05) is 32.8 Å². The smallest absolute Gasteiger partial charge is 0.0620 e. The van der Waals surface area contributed by atoms with Crippen LogP contribution in [-0.2, 0) is 11.2 Å². The summed E-state index contributed by atoms with van der Waals surface area (Å²) in [7, 11) is 0. The molecule has 1 saturated heterocycles. The van der Waals surface area contributed by atoms with Gasteiger partial charge in [0.1, 0.15) is 0 Å². The van der Waals surface area contributed by atoms with Gasteiger partial charge in [-0.2, -0.15) is 0 Å². The molecule has 0 aliphatic carbocycles. The Balaban J connectivity index is 1.57. The summed E-state index contributed by atoms with van der Waals surface area (Å²) in [6.07, 6.45) is 2.20. The number of halogens is 1. The Morgan fingerprint density at radius 1 is 1.33 bits per heavy atom. The summed E-state index contributed by atoms with van der Waals surface area (Å²) in [5.74, 6) is 0. The molecule has 100 valence electrons. The molecule has 0 bridgehead atoms. The molecule has 1 aromatic carbocycles. The highest BCUT2D eigenvalue weighted by molar-refractivity contribution is 9.10. The Bertz CT molecular complexity index is 353. The van der Waals surface area contributed by atoms with Crippen LogP contribution in [0.15, 0.2) is 28.7 Å². The molecular weight excluding hydrogens is 292 g/mol. The van der Waals surface area contributed by atoms with E-state index in [1.807, 2.05) is 0 Å². The summed E-state index contributed by atoms with van der Waals surface area (Å²) in [6.45, 7) is 4.77. The second-order valence-corrected chi connectivity index (χ2v) is 5.46. The van der Waals surface area contributed by atoms with Crippen LogP contribution in [0.1, 0.15) is 12.0 Å². The minimum absolute atomic E-state index is 0.523. The topological polar surface area (TPSA) is 33.3 Å². The van der Waals surface area contributed by atoms with E-state index in [-0.39, 0.29) is 0 Å². The van der Waals surface area contributed by atoms with E-state index in [0.717, 1.165) is 45.7 Å². The fraction of sp³-hybridized carbons (Fsp3) is 0.571. The lowest BCUT2D eigenvalue weighted by molar-refractivity contribution is 0.0743. The standard InChI is InChI=1S/C14H21BrN2O/c15-14-4-2-1-3-12(14)5-7-16-8-6-13-11-18-10-9-17-13/h1-4,13,16-17H,5-11H2. The van der Waals surface area contributed by atoms with Crippen molar-refractivity contribution in [2.24, 2.45) is 0 Å². The minimum Gasteiger partial charge on any atom is -0.379 e. The number of ether oxygens (including phenoxy) is 1. The number of hydrogen-bond donors (Lipinski definition) is 2. The van der Waals surface area contributed by atoms with E-state index in [0.29, 0.717) is 6.04 Å². The van der Waals surface area contributed by atoms with Crippen molar-refractivity contribution in [2.45, 2.75) is 18.9 Å². The fourth-order valence-corrected chi connectivity index (χ4v) is 2.61. The van der Waals surface area contributed by atoms with Gasteiger partial charge in [-0.3, -0.25) is 0 Å². The van der Waals surface area contributed by atoms with E-state index in [4.69, 9.17) is 4.74 Å². The predicted octanol–water partition coefficient (Wildman–Crippen LogP) is 1.96. The lowest BCUT2D eigenvalue weighted by Crippen LogP contribution is -2.42. The number of morpholine rings is 1. The minimum atomic E-state index is 0.523. The number of benzene rings is 1. The lowest BCUT2D eigenvalue weighted by Gasteiger charge is -2.23. The molecule has 18 heavy (non-hydrogen) atoms. The average molecular weight is 313 g/mol. The zero-order valence-electron chi connectivity index (χ0n) is 10.6. The summed E-state index contributed by atoms with van der Waals surface area (Å²) in [5, 5.41) is 6.96. The number of rotatable bonds is 6. The van der Waals surface area contributed by atoms with Crippen molar-refractivity contribution >= 4 is 15.9 Å². The van der Waals surface area contributed by atoms with Crippen LogP contribution in [0.25, 0.3) is 0 Å². The summed E-state index contributed by atoms with van der Waals surface area (Å²) < 4.78 is 6.63. The Labute approximate surface area is 117 Å². The van der Waals surface area contributed by atoms with Crippen molar-refractivity contribution in [1.29, 1.82) is 0 Å². The molecule has 0 radical (unpaired) electrons. The first-order valence-corrected chi connectivity index (χ1v) is 7.41. The Kier molecular flexibility index (Phi) is 6.14. The molecular formula is C14H21BrN2O. The van der Waals surface area contributed by atoms with Crippen LogP contribution >= 0.6 is 15.9 Å². The highest BCUT2D eigenvalue weighted by Crippen LogP contribution is 2.15. The van der Waals surface area contributed by atoms with Crippen LogP contribution in [0.3, 0.4) is 0 Å². The first-order valence-electron chi connectivity index (χ1n) is 6.61. The Morgan fingerprint density at radius 2 is 2.22 bits per heavy atom. The quantitative estimate of drug-likeness (QED) is 0.788. The Hall–Kier alpha value is -0.420. The van der Waals surface area contributed by atoms with Gasteiger partial charge in [-0.1, -0.05) is 34.1 Å². The van der Waals surface area contributed by atoms with Crippen molar-refractivity contribution in [3.8, 4) is 0 Å². The molecule has 3 nitrogen and oxygen atoms in total. The molecule has 1 aliphatic heterocycles. The summed E-state index contributed by atoms with van der Waals surface area (Å²) in [4.78, 5) is 0. The second kappa shape index (κ2) is 7.89. The van der Waals surface area contributed by atoms with E-state index in [1.54, 1.807) is 0 Å². The molecule has 0 spiro atoms. The van der Waals surface area contributed by atoms with E-state index >= 15 is 0 Å². The van der Waals surface area contributed by atoms with E-state index in [1.165, 1.54) is 10.0 Å². The van der Waals surface area contributed by atoms with Gasteiger partial charge in [0.05, 0.1) is 13.2 Å². The highest BCUT2D eigenvalue weighted by Gasteiger charge is 2.11. The van der Waals surface area contributed by atoms with Crippen LogP contribution in [-0.4, -0.2) is 38.9 Å². The van der Waals surface area contributed by atoms with Crippen molar-refractivity contribution in [3.63, 3.8) is 0 Å². The molecule has 0 amide bonds. The summed E-state index contributed by atoms with van der Waals surface area (Å²) in [5.41, 5.74) is 1.36. The molecule has 1 atom stereocenters. The van der Waals surface area contributed by atoms with E-state index in [9.17, 15) is 0 Å². The third kappa shape index (κ3) is 4.69. The summed E-state index contributed by atoms with van der Waals surface area (Å²) >= 11 is 3.57. The first-order chi connectivity index (χ1) is 8.86. The van der Waals surface area contributed by atoms with Crippen molar-refractivity contribution in [3.05, 3.63) is 34.3 Å². The van der Waals surface area contributed by atoms with Gasteiger partial charge >= 0.3 is 0 Å². The highest BCUT2D eigenvalue weighted by atomic mass is 79.9. The molecule has 2 N–H and O–H groups in total. The van der Waals surface area contributed by atoms with Gasteiger partial charge in [-0.05, 0) is 37.6 Å². The fourth-order valence-electron chi connectivity index (χ4n) is 2.13. The molecule has 0 saturated carbocycles. The van der Waals surface area contributed by atoms with Crippen LogP contribution in [0, 0.1) is 0 Å². The molecule has 2 rings (SSSR count). The van der Waals surface area contributed by atoms with Gasteiger partial charge in [0.15, 0.2) is 0 Å². The van der Waals surface area contributed by atoms with Gasteiger partial charge in [-0.25, -0.2) is 0 Å². The SMILES string of the molecule is Brc1ccccc1CCNCCC1COCCN1. The van der Waals surface area contributed by atoms with Gasteiger partial charge in [0, 0.05) is 17.1 Å². The van der Waals surface area contributed by atoms with Crippen LogP contribution < -0.4 is 10.6 Å². The second-order valence-electron chi connectivity index (χ2n) is 4.61. The maximum atomic E-state index is 5.43. The monoisotopic (exact) mass is 312 g/mol. The van der Waals surface area contributed by atoms with Crippen molar-refractivity contribution in [1.82, 2.24) is 10.6 Å². The summed E-state index contributed by atoms with van der Waals surface area (Å²) in [6, 6.07) is 8.93. The largest absolute Gasteiger partial charge is 0.379 e. The zero-order valence-corrected chi connectivity index (χ0v) is 12.2. The van der Waals surface area contributed by atoms with Gasteiger partial charge < -0.3 is 15.4 Å². The molecule has 1 aromatic rings. The number of hydrogen-bond acceptors (Lipinski definition) is 3. The molecule has 0 aromatic heterocycles. The number of nitrogens with one attached hydrogen (secondary N) is 2. The van der Waals surface area contributed by atoms with Gasteiger partial charge in [-0.15, -0.1) is 0 Å². The normalized spacial score (nSPS) is 19.9. The lowest BCUT2D eigenvalue weighted by atomic mass is 10.1. The third-order valence-corrected chi connectivity index (χ3v) is 3.97. The molecule has 1 heterocycles. The molecule has 1 aliphatic rings. The third-order valence-electron chi connectivity index (χ3n) is 3.20. The zero-order chi connectivity index (χ0) is 12.6. The molecule has 4 heteroatoms. The van der Waals surface area contributed by atoms with Crippen molar-refractivity contribution < 1.29 is 4.74 Å². The average Bonchev–Trinajstić information content (AvgIpc) is 2.42. The molecule has 1 unspecified atom stereocenters. The van der Waals surface area contributed by atoms with Crippen LogP contribution in [0.2, 0.25) is 0 Å². The van der Waals surface area contributed by atoms with Crippen LogP contribution in [0.5, 0.6) is 0 Å². The van der Waals surface area contributed by atoms with Gasteiger partial charge in [0.2, 0.25) is 0 Å². The maximum Gasteiger partial charge on any atom is 0.0620 e. The predicted molar refractivity (Wildman–Crippen MR) is 77.9 cm³/mol. The van der Waals surface area contributed by atoms with E-state index in [2.05, 4.69) is 50.8 Å². The van der Waals surface area contributed by atoms with Gasteiger partial charge in [0.25, 0.3) is 0 Å². The maximum absolute atomic E-state index is 5.43. The van der Waals surface area contributed by atoms with E-state index < -0.39 is 0 Å². The van der Waals surface area contributed by atoms with Crippen LogP contribution in [0.4, 0.5) is 0 Å². The molecule has 1 fully saturated rings. The Morgan fingerprint density at radius 3 is 3.00 bits per heavy atom.